The van der Waals surface area contributed by atoms with Gasteiger partial charge in [-0.2, -0.15) is 0 Å². The Labute approximate surface area is 148 Å². The first kappa shape index (κ1) is 28.6. The van der Waals surface area contributed by atoms with E-state index in [9.17, 15) is 0 Å². The van der Waals surface area contributed by atoms with E-state index in [1.54, 1.807) is 83.1 Å². The molecule has 0 rings (SSSR count). The Morgan fingerprint density at radius 3 is 0.292 bits per heavy atom. The first-order valence-corrected chi connectivity index (χ1v) is 8.09. The fourth-order valence-corrected chi connectivity index (χ4v) is 0. The van der Waals surface area contributed by atoms with E-state index >= 15 is 0 Å². The van der Waals surface area contributed by atoms with E-state index < -0.39 is 33.6 Å². The van der Waals surface area contributed by atoms with Gasteiger partial charge in [0.15, 0.2) is 0 Å². The van der Waals surface area contributed by atoms with Crippen molar-refractivity contribution in [1.29, 1.82) is 0 Å². The minimum Gasteiger partial charge on any atom is -0.387 e. The van der Waals surface area contributed by atoms with Gasteiger partial charge in [0, 0.05) is 0 Å². The number of aliphatic hydroxyl groups is 6. The second-order valence-corrected chi connectivity index (χ2v) is 9.35. The minimum atomic E-state index is -1.01. The smallest absolute Gasteiger partial charge is 0.0872 e. The van der Waals surface area contributed by atoms with Crippen LogP contribution >= 0.6 is 0 Å². The van der Waals surface area contributed by atoms with E-state index in [1.807, 2.05) is 0 Å². The zero-order valence-corrected chi connectivity index (χ0v) is 17.7. The predicted octanol–water partition coefficient (Wildman–Crippen LogP) is 1.58. The summed E-state index contributed by atoms with van der Waals surface area (Å²) in [6, 6.07) is 0. The maximum Gasteiger partial charge on any atom is 0.0872 e. The van der Waals surface area contributed by atoms with Gasteiger partial charge in [-0.05, 0) is 83.1 Å². The van der Waals surface area contributed by atoms with Crippen LogP contribution in [0.15, 0.2) is 0 Å². The second kappa shape index (κ2) is 8.43. The van der Waals surface area contributed by atoms with Crippen molar-refractivity contribution in [3.8, 4) is 0 Å². The zero-order chi connectivity index (χ0) is 21.0. The summed E-state index contributed by atoms with van der Waals surface area (Å²) < 4.78 is 0. The van der Waals surface area contributed by atoms with Gasteiger partial charge in [0.1, 0.15) is 0 Å². The van der Waals surface area contributed by atoms with Crippen molar-refractivity contribution in [3.63, 3.8) is 0 Å². The van der Waals surface area contributed by atoms with Gasteiger partial charge in [-0.1, -0.05) is 0 Å². The molecule has 0 atom stereocenters. The summed E-state index contributed by atoms with van der Waals surface area (Å²) in [7, 11) is 0. The van der Waals surface area contributed by atoms with E-state index in [0.29, 0.717) is 0 Å². The van der Waals surface area contributed by atoms with Crippen LogP contribution in [0.1, 0.15) is 83.1 Å². The topological polar surface area (TPSA) is 121 Å². The highest BCUT2D eigenvalue weighted by molar-refractivity contribution is 4.85. The first-order valence-electron chi connectivity index (χ1n) is 8.09. The van der Waals surface area contributed by atoms with Crippen molar-refractivity contribution in [1.82, 2.24) is 0 Å². The van der Waals surface area contributed by atoms with Gasteiger partial charge in [0.2, 0.25) is 0 Å². The van der Waals surface area contributed by atoms with Crippen LogP contribution in [0.5, 0.6) is 0 Å². The lowest BCUT2D eigenvalue weighted by Crippen LogP contribution is -2.44. The molecule has 0 aliphatic rings. The van der Waals surface area contributed by atoms with Crippen LogP contribution in [0.4, 0.5) is 0 Å². The fourth-order valence-electron chi connectivity index (χ4n) is 0. The van der Waals surface area contributed by atoms with Gasteiger partial charge < -0.3 is 30.6 Å². The SMILES string of the molecule is CC(C)(O)C(C)(C)O.CC(C)(O)C(C)(C)O.CC(C)(O)C(C)(C)O. The lowest BCUT2D eigenvalue weighted by molar-refractivity contribution is -0.107. The predicted molar refractivity (Wildman–Crippen MR) is 97.8 cm³/mol. The molecule has 0 saturated heterocycles. The molecule has 6 N–H and O–H groups in total. The van der Waals surface area contributed by atoms with E-state index in [-0.39, 0.29) is 0 Å². The quantitative estimate of drug-likeness (QED) is 0.458. The number of hydrogen-bond acceptors (Lipinski definition) is 6. The molecule has 0 aromatic rings. The summed E-state index contributed by atoms with van der Waals surface area (Å²) in [6.45, 7) is 18.9. The Morgan fingerprint density at radius 1 is 0.250 bits per heavy atom. The van der Waals surface area contributed by atoms with Crippen LogP contribution in [0.2, 0.25) is 0 Å². The summed E-state index contributed by atoms with van der Waals surface area (Å²) >= 11 is 0. The van der Waals surface area contributed by atoms with E-state index in [0.717, 1.165) is 0 Å². The Bertz CT molecular complexity index is 242. The Balaban J connectivity index is -0.000000276. The molecule has 6 nitrogen and oxygen atoms in total. The average molecular weight is 355 g/mol. The third-order valence-corrected chi connectivity index (χ3v) is 4.49. The standard InChI is InChI=1S/3C6H14O2/c3*1-5(2,7)6(3,4)8/h3*7-8H,1-4H3. The van der Waals surface area contributed by atoms with Crippen molar-refractivity contribution in [2.24, 2.45) is 0 Å². The number of hydrogen-bond donors (Lipinski definition) is 6. The van der Waals surface area contributed by atoms with Crippen molar-refractivity contribution in [3.05, 3.63) is 0 Å². The van der Waals surface area contributed by atoms with Crippen LogP contribution in [-0.4, -0.2) is 64.2 Å². The van der Waals surface area contributed by atoms with Gasteiger partial charge in [-0.3, -0.25) is 0 Å². The molecule has 0 fully saturated rings. The van der Waals surface area contributed by atoms with E-state index in [2.05, 4.69) is 0 Å². The molecule has 0 bridgehead atoms. The molecule has 24 heavy (non-hydrogen) atoms. The van der Waals surface area contributed by atoms with Crippen molar-refractivity contribution < 1.29 is 30.6 Å². The lowest BCUT2D eigenvalue weighted by atomic mass is 9.90. The summed E-state index contributed by atoms with van der Waals surface area (Å²) in [6.07, 6.45) is 0. The molecular formula is C18H42O6. The molecule has 6 heteroatoms. The Hall–Kier alpha value is -0.240. The molecule has 150 valence electrons. The highest BCUT2D eigenvalue weighted by atomic mass is 16.4. The van der Waals surface area contributed by atoms with Crippen LogP contribution in [-0.2, 0) is 0 Å². The van der Waals surface area contributed by atoms with Gasteiger partial charge in [0.25, 0.3) is 0 Å². The second-order valence-electron chi connectivity index (χ2n) is 9.35. The maximum absolute atomic E-state index is 9.10. The summed E-state index contributed by atoms with van der Waals surface area (Å²) in [4.78, 5) is 0. The number of rotatable bonds is 3. The van der Waals surface area contributed by atoms with Gasteiger partial charge in [0.05, 0.1) is 33.6 Å². The van der Waals surface area contributed by atoms with E-state index in [1.165, 1.54) is 0 Å². The maximum atomic E-state index is 9.10. The minimum absolute atomic E-state index is 1.01. The van der Waals surface area contributed by atoms with Crippen LogP contribution in [0, 0.1) is 0 Å². The van der Waals surface area contributed by atoms with Crippen LogP contribution in [0.25, 0.3) is 0 Å². The molecule has 0 aliphatic carbocycles. The third-order valence-electron chi connectivity index (χ3n) is 4.49. The monoisotopic (exact) mass is 354 g/mol. The molecule has 0 aromatic heterocycles. The fraction of sp³-hybridized carbons (Fsp3) is 1.00. The lowest BCUT2D eigenvalue weighted by Gasteiger charge is -2.31. The Kier molecular flexibility index (Phi) is 10.0. The normalized spacial score (nSPS) is 14.2. The molecule has 0 unspecified atom stereocenters. The zero-order valence-electron chi connectivity index (χ0n) is 17.7. The van der Waals surface area contributed by atoms with Crippen molar-refractivity contribution in [2.75, 3.05) is 0 Å². The third kappa shape index (κ3) is 13.1. The first-order chi connectivity index (χ1) is 9.75. The molecule has 0 amide bonds. The highest BCUT2D eigenvalue weighted by Crippen LogP contribution is 2.20. The summed E-state index contributed by atoms with van der Waals surface area (Å²) in [5.74, 6) is 0. The van der Waals surface area contributed by atoms with Gasteiger partial charge >= 0.3 is 0 Å². The molecule has 0 radical (unpaired) electrons. The average Bonchev–Trinajstić information content (AvgIpc) is 2.08. The van der Waals surface area contributed by atoms with Gasteiger partial charge in [-0.15, -0.1) is 0 Å². The molecule has 0 saturated carbocycles. The largest absolute Gasteiger partial charge is 0.387 e. The van der Waals surface area contributed by atoms with Crippen molar-refractivity contribution in [2.45, 2.75) is 117 Å². The molecule has 0 spiro atoms. The molecule has 0 aliphatic heterocycles. The van der Waals surface area contributed by atoms with E-state index in [4.69, 9.17) is 30.6 Å². The van der Waals surface area contributed by atoms with Gasteiger partial charge in [-0.25, -0.2) is 0 Å². The molecule has 0 heterocycles. The van der Waals surface area contributed by atoms with Crippen LogP contribution in [0.3, 0.4) is 0 Å². The highest BCUT2D eigenvalue weighted by Gasteiger charge is 2.33. The molecular weight excluding hydrogens is 312 g/mol. The summed E-state index contributed by atoms with van der Waals surface area (Å²) in [5, 5.41) is 54.6. The van der Waals surface area contributed by atoms with Crippen molar-refractivity contribution >= 4 is 0 Å². The molecule has 0 aromatic carbocycles. The Morgan fingerprint density at radius 2 is 0.292 bits per heavy atom. The van der Waals surface area contributed by atoms with Crippen LogP contribution < -0.4 is 0 Å². The summed E-state index contributed by atoms with van der Waals surface area (Å²) in [5.41, 5.74) is -6.04.